The second-order valence-electron chi connectivity index (χ2n) is 4.90. The molecule has 0 fully saturated rings. The van der Waals surface area contributed by atoms with Crippen LogP contribution in [0, 0.1) is 6.92 Å². The number of aryl methyl sites for hydroxylation is 1. The normalized spacial score (nSPS) is 10.6. The zero-order valence-electron chi connectivity index (χ0n) is 12.8. The molecule has 0 unspecified atom stereocenters. The first-order valence-corrected chi connectivity index (χ1v) is 7.38. The van der Waals surface area contributed by atoms with Crippen molar-refractivity contribution in [1.29, 1.82) is 0 Å². The van der Waals surface area contributed by atoms with Crippen LogP contribution < -0.4 is 10.2 Å². The summed E-state index contributed by atoms with van der Waals surface area (Å²) in [6.07, 6.45) is 1.37. The predicted molar refractivity (Wildman–Crippen MR) is 90.8 cm³/mol. The van der Waals surface area contributed by atoms with Crippen LogP contribution in [-0.2, 0) is 4.79 Å². The topological polar surface area (TPSA) is 88.0 Å². The van der Waals surface area contributed by atoms with Gasteiger partial charge in [-0.2, -0.15) is 5.10 Å². The molecule has 0 saturated heterocycles. The molecule has 0 aliphatic rings. The summed E-state index contributed by atoms with van der Waals surface area (Å²) in [5, 5.41) is 12.9. The molecule has 2 rings (SSSR count). The summed E-state index contributed by atoms with van der Waals surface area (Å²) in [4.78, 5) is 22.6. The third-order valence-corrected chi connectivity index (χ3v) is 3.32. The van der Waals surface area contributed by atoms with Gasteiger partial charge < -0.3 is 9.84 Å². The Hall–Kier alpha value is -2.86. The lowest BCUT2D eigenvalue weighted by Crippen LogP contribution is -2.18. The molecule has 0 saturated carbocycles. The van der Waals surface area contributed by atoms with Crippen molar-refractivity contribution in [3.63, 3.8) is 0 Å². The third-order valence-electron chi connectivity index (χ3n) is 3.01. The molecule has 24 heavy (non-hydrogen) atoms. The summed E-state index contributed by atoms with van der Waals surface area (Å²) in [6, 6.07) is 11.8. The number of para-hydroxylation sites is 1. The molecule has 2 N–H and O–H groups in total. The lowest BCUT2D eigenvalue weighted by molar-refractivity contribution is -0.139. The Morgan fingerprint density at radius 2 is 2.04 bits per heavy atom. The molecule has 0 aromatic heterocycles. The number of carboxylic acids is 1. The van der Waals surface area contributed by atoms with Gasteiger partial charge in [-0.3, -0.25) is 4.79 Å². The van der Waals surface area contributed by atoms with Gasteiger partial charge in [0.2, 0.25) is 0 Å². The highest BCUT2D eigenvalue weighted by Crippen LogP contribution is 2.18. The van der Waals surface area contributed by atoms with E-state index in [-0.39, 0.29) is 0 Å². The molecule has 0 spiro atoms. The van der Waals surface area contributed by atoms with Gasteiger partial charge in [0.15, 0.2) is 6.61 Å². The Bertz CT molecular complexity index is 790. The fourth-order valence-electron chi connectivity index (χ4n) is 1.88. The Morgan fingerprint density at radius 3 is 2.75 bits per heavy atom. The first kappa shape index (κ1) is 17.5. The minimum absolute atomic E-state index is 0.315. The van der Waals surface area contributed by atoms with Gasteiger partial charge in [-0.05, 0) is 36.8 Å². The van der Waals surface area contributed by atoms with Crippen LogP contribution in [0.25, 0.3) is 0 Å². The number of hydrazone groups is 1. The lowest BCUT2D eigenvalue weighted by atomic mass is 10.1. The molecule has 0 heterocycles. The van der Waals surface area contributed by atoms with Gasteiger partial charge in [-0.1, -0.05) is 29.8 Å². The Morgan fingerprint density at radius 1 is 1.29 bits per heavy atom. The number of carbonyl (C=O) groups excluding carboxylic acids is 1. The molecule has 0 radical (unpaired) electrons. The number of aliphatic carboxylic acids is 1. The number of nitrogens with zero attached hydrogens (tertiary/aromatic N) is 1. The van der Waals surface area contributed by atoms with Crippen LogP contribution in [-0.4, -0.2) is 29.8 Å². The fourth-order valence-corrected chi connectivity index (χ4v) is 2.20. The molecule has 0 atom stereocenters. The number of ether oxygens (including phenoxy) is 1. The number of amides is 1. The van der Waals surface area contributed by atoms with Crippen molar-refractivity contribution in [2.75, 3.05) is 6.61 Å². The minimum Gasteiger partial charge on any atom is -0.481 e. The molecule has 6 nitrogen and oxygen atoms in total. The Labute approximate surface area is 143 Å². The SMILES string of the molecule is Cc1ccc(C(=O)NN=Cc2ccccc2OCC(=O)O)c(Cl)c1. The minimum atomic E-state index is -1.08. The van der Waals surface area contributed by atoms with Crippen molar-refractivity contribution in [2.45, 2.75) is 6.92 Å². The third kappa shape index (κ3) is 4.82. The smallest absolute Gasteiger partial charge is 0.341 e. The van der Waals surface area contributed by atoms with Crippen LogP contribution in [0.5, 0.6) is 5.75 Å². The van der Waals surface area contributed by atoms with Crippen molar-refractivity contribution in [3.8, 4) is 5.75 Å². The number of halogens is 1. The van der Waals surface area contributed by atoms with E-state index in [1.54, 1.807) is 42.5 Å². The van der Waals surface area contributed by atoms with Crippen molar-refractivity contribution in [3.05, 3.63) is 64.2 Å². The maximum absolute atomic E-state index is 12.0. The number of carbonyl (C=O) groups is 2. The molecule has 2 aromatic rings. The van der Waals surface area contributed by atoms with Crippen molar-refractivity contribution >= 4 is 29.7 Å². The number of hydrogen-bond donors (Lipinski definition) is 2. The molecule has 124 valence electrons. The van der Waals surface area contributed by atoms with Gasteiger partial charge in [0.05, 0.1) is 16.8 Å². The number of carboxylic acid groups (broad SMARTS) is 1. The van der Waals surface area contributed by atoms with E-state index in [1.165, 1.54) is 6.21 Å². The second-order valence-corrected chi connectivity index (χ2v) is 5.31. The number of rotatable bonds is 6. The summed E-state index contributed by atoms with van der Waals surface area (Å²) >= 11 is 6.03. The molecule has 0 aliphatic carbocycles. The average Bonchev–Trinajstić information content (AvgIpc) is 2.53. The zero-order valence-corrected chi connectivity index (χ0v) is 13.6. The maximum atomic E-state index is 12.0. The highest BCUT2D eigenvalue weighted by Gasteiger charge is 2.09. The van der Waals surface area contributed by atoms with Crippen LogP contribution in [0.3, 0.4) is 0 Å². The largest absolute Gasteiger partial charge is 0.481 e. The van der Waals surface area contributed by atoms with Gasteiger partial charge in [0.25, 0.3) is 5.91 Å². The van der Waals surface area contributed by atoms with E-state index in [1.807, 2.05) is 6.92 Å². The van der Waals surface area contributed by atoms with E-state index >= 15 is 0 Å². The average molecular weight is 347 g/mol. The van der Waals surface area contributed by atoms with E-state index in [9.17, 15) is 9.59 Å². The first-order chi connectivity index (χ1) is 11.5. The summed E-state index contributed by atoms with van der Waals surface area (Å²) in [7, 11) is 0. The predicted octanol–water partition coefficient (Wildman–Crippen LogP) is 2.88. The van der Waals surface area contributed by atoms with Gasteiger partial charge in [0, 0.05) is 5.56 Å². The van der Waals surface area contributed by atoms with Gasteiger partial charge in [-0.25, -0.2) is 10.2 Å². The van der Waals surface area contributed by atoms with Crippen LogP contribution in [0.15, 0.2) is 47.6 Å². The maximum Gasteiger partial charge on any atom is 0.341 e. The van der Waals surface area contributed by atoms with Gasteiger partial charge >= 0.3 is 5.97 Å². The highest BCUT2D eigenvalue weighted by atomic mass is 35.5. The van der Waals surface area contributed by atoms with Crippen LogP contribution >= 0.6 is 11.6 Å². The standard InChI is InChI=1S/C17H15ClN2O4/c1-11-6-7-13(14(18)8-11)17(23)20-19-9-12-4-2-3-5-15(12)24-10-16(21)22/h2-9H,10H2,1H3,(H,20,23)(H,21,22). The zero-order chi connectivity index (χ0) is 17.5. The summed E-state index contributed by atoms with van der Waals surface area (Å²) in [5.74, 6) is -1.17. The summed E-state index contributed by atoms with van der Waals surface area (Å²) in [6.45, 7) is 1.41. The molecule has 2 aromatic carbocycles. The molecular weight excluding hydrogens is 332 g/mol. The lowest BCUT2D eigenvalue weighted by Gasteiger charge is -2.06. The molecule has 0 aliphatic heterocycles. The molecule has 0 bridgehead atoms. The second kappa shape index (κ2) is 8.12. The van der Waals surface area contributed by atoms with E-state index in [0.717, 1.165) is 5.56 Å². The van der Waals surface area contributed by atoms with Crippen molar-refractivity contribution < 1.29 is 19.4 Å². The summed E-state index contributed by atoms with van der Waals surface area (Å²) < 4.78 is 5.15. The Kier molecular flexibility index (Phi) is 5.92. The van der Waals surface area contributed by atoms with Gasteiger partial charge in [0.1, 0.15) is 5.75 Å². The number of benzene rings is 2. The highest BCUT2D eigenvalue weighted by molar-refractivity contribution is 6.33. The van der Waals surface area contributed by atoms with Crippen LogP contribution in [0.4, 0.5) is 0 Å². The molecular formula is C17H15ClN2O4. The first-order valence-electron chi connectivity index (χ1n) is 7.00. The number of hydrogen-bond acceptors (Lipinski definition) is 4. The van der Waals surface area contributed by atoms with E-state index in [4.69, 9.17) is 21.4 Å². The van der Waals surface area contributed by atoms with Gasteiger partial charge in [-0.15, -0.1) is 0 Å². The number of nitrogens with one attached hydrogen (secondary N) is 1. The Balaban J connectivity index is 2.06. The van der Waals surface area contributed by atoms with Crippen molar-refractivity contribution in [1.82, 2.24) is 5.43 Å². The van der Waals surface area contributed by atoms with Crippen molar-refractivity contribution in [2.24, 2.45) is 5.10 Å². The van der Waals surface area contributed by atoms with E-state index in [0.29, 0.717) is 21.9 Å². The molecule has 1 amide bonds. The monoisotopic (exact) mass is 346 g/mol. The molecule has 7 heteroatoms. The summed E-state index contributed by atoms with van der Waals surface area (Å²) in [5.41, 5.74) is 4.17. The van der Waals surface area contributed by atoms with E-state index in [2.05, 4.69) is 10.5 Å². The van der Waals surface area contributed by atoms with Crippen LogP contribution in [0.2, 0.25) is 5.02 Å². The van der Waals surface area contributed by atoms with Crippen LogP contribution in [0.1, 0.15) is 21.5 Å². The fraction of sp³-hybridized carbons (Fsp3) is 0.118. The van der Waals surface area contributed by atoms with E-state index < -0.39 is 18.5 Å². The quantitative estimate of drug-likeness (QED) is 0.622.